The van der Waals surface area contributed by atoms with Gasteiger partial charge in [0.2, 0.25) is 11.0 Å². The number of hydrogen-bond acceptors (Lipinski definition) is 4. The lowest BCUT2D eigenvalue weighted by Gasteiger charge is -2.04. The first-order valence-corrected chi connectivity index (χ1v) is 8.88. The van der Waals surface area contributed by atoms with E-state index >= 15 is 0 Å². The molecule has 2 heterocycles. The smallest absolute Gasteiger partial charge is 0.224 e. The van der Waals surface area contributed by atoms with Crippen molar-refractivity contribution in [2.24, 2.45) is 0 Å². The molecule has 0 unspecified atom stereocenters. The monoisotopic (exact) mass is 358 g/mol. The number of aromatic nitrogens is 3. The third-order valence-corrected chi connectivity index (χ3v) is 4.58. The lowest BCUT2D eigenvalue weighted by Crippen LogP contribution is -2.27. The van der Waals surface area contributed by atoms with Gasteiger partial charge in [-0.3, -0.25) is 4.79 Å². The fourth-order valence-electron chi connectivity index (χ4n) is 2.51. The highest BCUT2D eigenvalue weighted by Crippen LogP contribution is 2.17. The lowest BCUT2D eigenvalue weighted by molar-refractivity contribution is -0.120. The molecule has 0 spiro atoms. The second-order valence-electron chi connectivity index (χ2n) is 5.86. The Morgan fingerprint density at radius 1 is 1.28 bits per heavy atom. The summed E-state index contributed by atoms with van der Waals surface area (Å²) in [5.41, 5.74) is 3.72. The second-order valence-corrected chi connectivity index (χ2v) is 6.70. The molecule has 0 atom stereocenters. The van der Waals surface area contributed by atoms with E-state index in [1.165, 1.54) is 23.5 Å². The molecule has 0 fully saturated rings. The van der Waals surface area contributed by atoms with Crippen molar-refractivity contribution in [3.8, 4) is 5.13 Å². The molecule has 5 nitrogen and oxygen atoms in total. The summed E-state index contributed by atoms with van der Waals surface area (Å²) in [7, 11) is 0. The van der Waals surface area contributed by atoms with E-state index in [0.717, 1.165) is 27.8 Å². The van der Waals surface area contributed by atoms with E-state index in [9.17, 15) is 9.18 Å². The number of halogens is 1. The molecule has 0 bridgehead atoms. The molecule has 3 aromatic rings. The molecule has 0 saturated heterocycles. The number of carbonyl (C=O) groups is 1. The predicted octanol–water partition coefficient (Wildman–Crippen LogP) is 2.99. The molecule has 25 heavy (non-hydrogen) atoms. The van der Waals surface area contributed by atoms with Gasteiger partial charge in [0, 0.05) is 24.0 Å². The highest BCUT2D eigenvalue weighted by Gasteiger charge is 2.09. The van der Waals surface area contributed by atoms with Gasteiger partial charge in [-0.2, -0.15) is 5.10 Å². The van der Waals surface area contributed by atoms with Crippen molar-refractivity contribution >= 4 is 17.2 Å². The van der Waals surface area contributed by atoms with Crippen molar-refractivity contribution in [1.29, 1.82) is 0 Å². The summed E-state index contributed by atoms with van der Waals surface area (Å²) in [6.45, 7) is 4.46. The van der Waals surface area contributed by atoms with E-state index in [0.29, 0.717) is 13.0 Å². The van der Waals surface area contributed by atoms with Crippen LogP contribution in [-0.2, 0) is 17.6 Å². The number of nitrogens with one attached hydrogen (secondary N) is 1. The average molecular weight is 358 g/mol. The van der Waals surface area contributed by atoms with Gasteiger partial charge >= 0.3 is 0 Å². The molecule has 1 aromatic carbocycles. The van der Waals surface area contributed by atoms with Crippen molar-refractivity contribution in [2.75, 3.05) is 6.54 Å². The maximum atomic E-state index is 12.9. The minimum absolute atomic E-state index is 0.0828. The van der Waals surface area contributed by atoms with E-state index in [1.54, 1.807) is 12.1 Å². The third kappa shape index (κ3) is 4.51. The summed E-state index contributed by atoms with van der Waals surface area (Å²) in [4.78, 5) is 16.5. The van der Waals surface area contributed by atoms with Crippen LogP contribution in [0, 0.1) is 19.7 Å². The van der Waals surface area contributed by atoms with Crippen molar-refractivity contribution in [1.82, 2.24) is 20.1 Å². The van der Waals surface area contributed by atoms with Gasteiger partial charge in [0.05, 0.1) is 17.8 Å². The Balaban J connectivity index is 1.50. The number of carbonyl (C=O) groups excluding carboxylic acids is 1. The van der Waals surface area contributed by atoms with Gasteiger partial charge in [-0.05, 0) is 37.6 Å². The summed E-state index contributed by atoms with van der Waals surface area (Å²) in [5.74, 6) is -0.383. The van der Waals surface area contributed by atoms with Crippen LogP contribution in [0.15, 0.2) is 35.7 Å². The number of benzene rings is 1. The molecule has 2 aromatic heterocycles. The van der Waals surface area contributed by atoms with Gasteiger partial charge in [-0.1, -0.05) is 12.1 Å². The number of nitrogens with zero attached hydrogens (tertiary/aromatic N) is 3. The number of thiazole rings is 1. The van der Waals surface area contributed by atoms with Crippen LogP contribution in [0.1, 0.15) is 22.6 Å². The molecule has 130 valence electrons. The van der Waals surface area contributed by atoms with Gasteiger partial charge in [-0.15, -0.1) is 11.3 Å². The van der Waals surface area contributed by atoms with Crippen molar-refractivity contribution in [3.05, 3.63) is 64.2 Å². The van der Waals surface area contributed by atoms with Crippen molar-refractivity contribution in [2.45, 2.75) is 26.7 Å². The largest absolute Gasteiger partial charge is 0.355 e. The van der Waals surface area contributed by atoms with Gasteiger partial charge in [0.25, 0.3) is 0 Å². The number of hydrogen-bond donors (Lipinski definition) is 1. The van der Waals surface area contributed by atoms with Gasteiger partial charge < -0.3 is 5.32 Å². The molecular formula is C18H19FN4OS. The molecule has 1 amide bonds. The first kappa shape index (κ1) is 17.3. The summed E-state index contributed by atoms with van der Waals surface area (Å²) >= 11 is 1.53. The first-order valence-electron chi connectivity index (χ1n) is 8.00. The Labute approximate surface area is 149 Å². The maximum Gasteiger partial charge on any atom is 0.224 e. The Kier molecular flexibility index (Phi) is 5.23. The highest BCUT2D eigenvalue weighted by atomic mass is 32.1. The molecule has 0 radical (unpaired) electrons. The minimum Gasteiger partial charge on any atom is -0.355 e. The van der Waals surface area contributed by atoms with E-state index in [4.69, 9.17) is 0 Å². The zero-order chi connectivity index (χ0) is 17.8. The third-order valence-electron chi connectivity index (χ3n) is 3.71. The number of rotatable bonds is 6. The highest BCUT2D eigenvalue weighted by molar-refractivity contribution is 7.12. The topological polar surface area (TPSA) is 59.8 Å². The van der Waals surface area contributed by atoms with Crippen LogP contribution in [0.3, 0.4) is 0 Å². The molecule has 3 rings (SSSR count). The lowest BCUT2D eigenvalue weighted by atomic mass is 10.1. The molecule has 0 aliphatic carbocycles. The number of amides is 1. The zero-order valence-electron chi connectivity index (χ0n) is 14.1. The molecule has 0 aliphatic heterocycles. The summed E-state index contributed by atoms with van der Waals surface area (Å²) < 4.78 is 14.7. The SMILES string of the molecule is Cc1cc(C)n(-c2nc(CCNC(=O)Cc3ccc(F)cc3)cs2)n1. The van der Waals surface area contributed by atoms with Crippen molar-refractivity contribution in [3.63, 3.8) is 0 Å². The maximum absolute atomic E-state index is 12.9. The molecule has 7 heteroatoms. The Hall–Kier alpha value is -2.54. The Morgan fingerprint density at radius 3 is 2.72 bits per heavy atom. The van der Waals surface area contributed by atoms with E-state index in [2.05, 4.69) is 15.4 Å². The van der Waals surface area contributed by atoms with Crippen molar-refractivity contribution < 1.29 is 9.18 Å². The quantitative estimate of drug-likeness (QED) is 0.737. The molecular weight excluding hydrogens is 339 g/mol. The van der Waals surface area contributed by atoms with Crippen LogP contribution >= 0.6 is 11.3 Å². The fourth-order valence-corrected chi connectivity index (χ4v) is 3.38. The van der Waals surface area contributed by atoms with Crippen LogP contribution in [0.4, 0.5) is 4.39 Å². The van der Waals surface area contributed by atoms with Crippen LogP contribution in [0.25, 0.3) is 5.13 Å². The van der Waals surface area contributed by atoms with Crippen LogP contribution in [0.2, 0.25) is 0 Å². The minimum atomic E-state index is -0.300. The summed E-state index contributed by atoms with van der Waals surface area (Å²) in [6, 6.07) is 7.97. The summed E-state index contributed by atoms with van der Waals surface area (Å²) in [6.07, 6.45) is 0.902. The van der Waals surface area contributed by atoms with Crippen LogP contribution in [0.5, 0.6) is 0 Å². The van der Waals surface area contributed by atoms with E-state index < -0.39 is 0 Å². The van der Waals surface area contributed by atoms with Gasteiger partial charge in [0.1, 0.15) is 5.82 Å². The average Bonchev–Trinajstić information content (AvgIpc) is 3.16. The second kappa shape index (κ2) is 7.57. The summed E-state index contributed by atoms with van der Waals surface area (Å²) in [5, 5.41) is 10.1. The fraction of sp³-hybridized carbons (Fsp3) is 0.278. The number of aryl methyl sites for hydroxylation is 2. The van der Waals surface area contributed by atoms with Gasteiger partial charge in [-0.25, -0.2) is 14.1 Å². The van der Waals surface area contributed by atoms with Crippen LogP contribution < -0.4 is 5.32 Å². The predicted molar refractivity (Wildman–Crippen MR) is 95.5 cm³/mol. The van der Waals surface area contributed by atoms with Gasteiger partial charge in [0.15, 0.2) is 0 Å². The zero-order valence-corrected chi connectivity index (χ0v) is 14.9. The van der Waals surface area contributed by atoms with E-state index in [1.807, 2.05) is 30.0 Å². The van der Waals surface area contributed by atoms with Crippen LogP contribution in [-0.4, -0.2) is 27.2 Å². The normalized spacial score (nSPS) is 10.8. The Morgan fingerprint density at radius 2 is 2.04 bits per heavy atom. The molecule has 0 aliphatic rings. The molecule has 0 saturated carbocycles. The molecule has 1 N–H and O–H groups in total. The first-order chi connectivity index (χ1) is 12.0. The standard InChI is InChI=1S/C18H19FN4OS/c1-12-9-13(2)23(22-12)18-21-16(11-25-18)7-8-20-17(24)10-14-3-5-15(19)6-4-14/h3-6,9,11H,7-8,10H2,1-2H3,(H,20,24). The van der Waals surface area contributed by atoms with E-state index in [-0.39, 0.29) is 18.1 Å². The Bertz CT molecular complexity index is 870.